The first-order valence-corrected chi connectivity index (χ1v) is 8.97. The Morgan fingerprint density at radius 1 is 1.24 bits per heavy atom. The van der Waals surface area contributed by atoms with Crippen LogP contribution in [0.4, 0.5) is 4.39 Å². The highest BCUT2D eigenvalue weighted by molar-refractivity contribution is 7.89. The topological polar surface area (TPSA) is 63.4 Å². The van der Waals surface area contributed by atoms with Gasteiger partial charge in [-0.2, -0.15) is 4.31 Å². The number of benzene rings is 1. The average molecular weight is 314 g/mol. The predicted molar refractivity (Wildman–Crippen MR) is 80.8 cm³/mol. The molecule has 0 atom stereocenters. The van der Waals surface area contributed by atoms with E-state index in [0.29, 0.717) is 19.5 Å². The van der Waals surface area contributed by atoms with Crippen LogP contribution in [0.15, 0.2) is 29.2 Å². The van der Waals surface area contributed by atoms with E-state index >= 15 is 0 Å². The molecule has 0 saturated heterocycles. The molecule has 1 aromatic rings. The second-order valence-electron chi connectivity index (χ2n) is 5.51. The number of sulfonamides is 1. The number of hydrogen-bond acceptors (Lipinski definition) is 3. The first kappa shape index (κ1) is 16.4. The molecule has 0 bridgehead atoms. The van der Waals surface area contributed by atoms with Crippen molar-refractivity contribution in [3.8, 4) is 0 Å². The Hall–Kier alpha value is -0.980. The summed E-state index contributed by atoms with van der Waals surface area (Å²) in [6, 6.07) is 5.25. The standard InChI is InChI=1S/C15H23FN2O2S/c16-13-6-4-9-15(12-13)21(19,20)18(11-5-10-17)14-7-2-1-3-8-14/h4,6,9,12,14H,1-3,5,7-8,10-11,17H2. The maximum atomic E-state index is 13.4. The molecule has 6 heteroatoms. The minimum atomic E-state index is -3.66. The second kappa shape index (κ2) is 7.33. The van der Waals surface area contributed by atoms with Crippen molar-refractivity contribution in [3.05, 3.63) is 30.1 Å². The van der Waals surface area contributed by atoms with E-state index in [2.05, 4.69) is 0 Å². The number of hydrogen-bond donors (Lipinski definition) is 1. The summed E-state index contributed by atoms with van der Waals surface area (Å²) in [4.78, 5) is 0.0325. The lowest BCUT2D eigenvalue weighted by Gasteiger charge is -2.33. The molecular formula is C15H23FN2O2S. The zero-order chi connectivity index (χ0) is 15.3. The molecule has 0 heterocycles. The van der Waals surface area contributed by atoms with E-state index in [4.69, 9.17) is 5.73 Å². The van der Waals surface area contributed by atoms with Crippen molar-refractivity contribution in [2.45, 2.75) is 49.5 Å². The summed E-state index contributed by atoms with van der Waals surface area (Å²) in [6.07, 6.45) is 5.61. The SMILES string of the molecule is NCCCN(C1CCCCC1)S(=O)(=O)c1cccc(F)c1. The van der Waals surface area contributed by atoms with Crippen LogP contribution in [0.2, 0.25) is 0 Å². The molecule has 0 aliphatic heterocycles. The molecule has 0 spiro atoms. The third-order valence-electron chi connectivity index (χ3n) is 3.97. The van der Waals surface area contributed by atoms with Gasteiger partial charge in [0.15, 0.2) is 0 Å². The summed E-state index contributed by atoms with van der Waals surface area (Å²) >= 11 is 0. The summed E-state index contributed by atoms with van der Waals surface area (Å²) in [5.74, 6) is -0.529. The van der Waals surface area contributed by atoms with E-state index in [1.165, 1.54) is 22.5 Å². The molecule has 1 aliphatic rings. The molecule has 1 saturated carbocycles. The molecule has 1 aromatic carbocycles. The monoisotopic (exact) mass is 314 g/mol. The van der Waals surface area contributed by atoms with Crippen LogP contribution in [-0.2, 0) is 10.0 Å². The number of nitrogens with zero attached hydrogens (tertiary/aromatic N) is 1. The first-order chi connectivity index (χ1) is 10.1. The molecule has 0 radical (unpaired) electrons. The summed E-state index contributed by atoms with van der Waals surface area (Å²) in [5, 5.41) is 0. The van der Waals surface area contributed by atoms with E-state index in [1.54, 1.807) is 0 Å². The Kier molecular flexibility index (Phi) is 5.72. The first-order valence-electron chi connectivity index (χ1n) is 7.53. The van der Waals surface area contributed by atoms with Gasteiger partial charge in [0.05, 0.1) is 4.90 Å². The van der Waals surface area contributed by atoms with E-state index in [-0.39, 0.29) is 10.9 Å². The Balaban J connectivity index is 2.29. The van der Waals surface area contributed by atoms with Crippen LogP contribution in [0.3, 0.4) is 0 Å². The van der Waals surface area contributed by atoms with E-state index in [1.807, 2.05) is 0 Å². The van der Waals surface area contributed by atoms with Crippen molar-refractivity contribution in [2.24, 2.45) is 5.73 Å². The summed E-state index contributed by atoms with van der Waals surface area (Å²) < 4.78 is 40.5. The average Bonchev–Trinajstić information content (AvgIpc) is 2.48. The zero-order valence-electron chi connectivity index (χ0n) is 12.2. The van der Waals surface area contributed by atoms with Gasteiger partial charge >= 0.3 is 0 Å². The van der Waals surface area contributed by atoms with E-state index in [0.717, 1.165) is 38.2 Å². The fraction of sp³-hybridized carbons (Fsp3) is 0.600. The van der Waals surface area contributed by atoms with Crippen LogP contribution in [-0.4, -0.2) is 31.9 Å². The molecule has 1 aliphatic carbocycles. The lowest BCUT2D eigenvalue weighted by molar-refractivity contribution is 0.252. The minimum absolute atomic E-state index is 0.0126. The highest BCUT2D eigenvalue weighted by atomic mass is 32.2. The van der Waals surface area contributed by atoms with Gasteiger partial charge in [0.25, 0.3) is 0 Å². The van der Waals surface area contributed by atoms with Gasteiger partial charge < -0.3 is 5.73 Å². The maximum absolute atomic E-state index is 13.4. The smallest absolute Gasteiger partial charge is 0.243 e. The number of halogens is 1. The van der Waals surface area contributed by atoms with Crippen LogP contribution in [0.25, 0.3) is 0 Å². The molecule has 1 fully saturated rings. The summed E-state index contributed by atoms with van der Waals surface area (Å²) in [6.45, 7) is 0.849. The normalized spacial score (nSPS) is 17.3. The summed E-state index contributed by atoms with van der Waals surface area (Å²) in [7, 11) is -3.66. The van der Waals surface area contributed by atoms with E-state index < -0.39 is 15.8 Å². The summed E-state index contributed by atoms with van der Waals surface area (Å²) in [5.41, 5.74) is 5.53. The Morgan fingerprint density at radius 2 is 1.95 bits per heavy atom. The largest absolute Gasteiger partial charge is 0.330 e. The van der Waals surface area contributed by atoms with Gasteiger partial charge in [0, 0.05) is 12.6 Å². The lowest BCUT2D eigenvalue weighted by Crippen LogP contribution is -2.42. The molecule has 2 N–H and O–H groups in total. The van der Waals surface area contributed by atoms with Crippen LogP contribution in [0.1, 0.15) is 38.5 Å². The minimum Gasteiger partial charge on any atom is -0.330 e. The Labute approximate surface area is 126 Å². The van der Waals surface area contributed by atoms with E-state index in [9.17, 15) is 12.8 Å². The van der Waals surface area contributed by atoms with Gasteiger partial charge in [-0.1, -0.05) is 25.3 Å². The van der Waals surface area contributed by atoms with Gasteiger partial charge in [-0.25, -0.2) is 12.8 Å². The van der Waals surface area contributed by atoms with Gasteiger partial charge in [0.2, 0.25) is 10.0 Å². The van der Waals surface area contributed by atoms with Crippen molar-refractivity contribution >= 4 is 10.0 Å². The molecule has 2 rings (SSSR count). The van der Waals surface area contributed by atoms with Crippen LogP contribution >= 0.6 is 0 Å². The van der Waals surface area contributed by atoms with Crippen LogP contribution in [0, 0.1) is 5.82 Å². The third kappa shape index (κ3) is 4.02. The fourth-order valence-corrected chi connectivity index (χ4v) is 4.63. The maximum Gasteiger partial charge on any atom is 0.243 e. The van der Waals surface area contributed by atoms with Crippen molar-refractivity contribution < 1.29 is 12.8 Å². The van der Waals surface area contributed by atoms with Crippen molar-refractivity contribution in [3.63, 3.8) is 0 Å². The van der Waals surface area contributed by atoms with Crippen LogP contribution < -0.4 is 5.73 Å². The molecular weight excluding hydrogens is 291 g/mol. The Morgan fingerprint density at radius 3 is 2.57 bits per heavy atom. The quantitative estimate of drug-likeness (QED) is 0.877. The number of rotatable bonds is 6. The fourth-order valence-electron chi connectivity index (χ4n) is 2.88. The van der Waals surface area contributed by atoms with Crippen molar-refractivity contribution in [1.82, 2.24) is 4.31 Å². The molecule has 0 unspecified atom stereocenters. The molecule has 4 nitrogen and oxygen atoms in total. The highest BCUT2D eigenvalue weighted by Gasteiger charge is 2.31. The molecule has 21 heavy (non-hydrogen) atoms. The number of nitrogens with two attached hydrogens (primary N) is 1. The van der Waals surface area contributed by atoms with Gasteiger partial charge in [-0.15, -0.1) is 0 Å². The van der Waals surface area contributed by atoms with Crippen molar-refractivity contribution in [2.75, 3.05) is 13.1 Å². The van der Waals surface area contributed by atoms with Crippen LogP contribution in [0.5, 0.6) is 0 Å². The van der Waals surface area contributed by atoms with Gasteiger partial charge in [-0.05, 0) is 44.0 Å². The van der Waals surface area contributed by atoms with Crippen molar-refractivity contribution in [1.29, 1.82) is 0 Å². The third-order valence-corrected chi connectivity index (χ3v) is 5.92. The molecule has 118 valence electrons. The second-order valence-corrected chi connectivity index (χ2v) is 7.40. The molecule has 0 amide bonds. The highest BCUT2D eigenvalue weighted by Crippen LogP contribution is 2.28. The predicted octanol–water partition coefficient (Wildman–Crippen LogP) is 2.50. The lowest BCUT2D eigenvalue weighted by atomic mass is 9.95. The molecule has 0 aromatic heterocycles. The van der Waals surface area contributed by atoms with Gasteiger partial charge in [0.1, 0.15) is 5.82 Å². The zero-order valence-corrected chi connectivity index (χ0v) is 13.0. The van der Waals surface area contributed by atoms with Gasteiger partial charge in [-0.3, -0.25) is 0 Å². The Bertz CT molecular complexity index is 557.